The zero-order valence-corrected chi connectivity index (χ0v) is 11.6. The summed E-state index contributed by atoms with van der Waals surface area (Å²) in [5, 5.41) is 0. The van der Waals surface area contributed by atoms with Gasteiger partial charge in [-0.1, -0.05) is 59.3 Å². The van der Waals surface area contributed by atoms with Crippen LogP contribution in [0.1, 0.15) is 72.1 Å². The van der Waals surface area contributed by atoms with Crippen LogP contribution in [0.25, 0.3) is 0 Å². The summed E-state index contributed by atoms with van der Waals surface area (Å²) in [5.74, 6) is 0. The van der Waals surface area contributed by atoms with E-state index in [1.807, 2.05) is 0 Å². The Morgan fingerprint density at radius 3 is 1.57 bits per heavy atom. The summed E-state index contributed by atoms with van der Waals surface area (Å²) in [5.41, 5.74) is 0.541. The molecule has 1 unspecified atom stereocenters. The van der Waals surface area contributed by atoms with E-state index in [-0.39, 0.29) is 0 Å². The van der Waals surface area contributed by atoms with Gasteiger partial charge in [0.1, 0.15) is 0 Å². The van der Waals surface area contributed by atoms with Crippen molar-refractivity contribution in [2.45, 2.75) is 72.1 Å². The van der Waals surface area contributed by atoms with Gasteiger partial charge in [0, 0.05) is 0 Å². The summed E-state index contributed by atoms with van der Waals surface area (Å²) in [7, 11) is 2.81. The first kappa shape index (κ1) is 14.4. The lowest BCUT2D eigenvalue weighted by Crippen LogP contribution is -2.03. The maximum atomic E-state index is 2.81. The SMILES string of the molecule is CC(C)(C)CCCCCCCCCP. The molecule has 0 aliphatic rings. The molecule has 0 saturated heterocycles. The summed E-state index contributed by atoms with van der Waals surface area (Å²) >= 11 is 0. The Labute approximate surface area is 93.4 Å². The lowest BCUT2D eigenvalue weighted by molar-refractivity contribution is 0.356. The molecule has 0 rings (SSSR count). The minimum Gasteiger partial charge on any atom is -0.138 e. The highest BCUT2D eigenvalue weighted by Gasteiger charge is 2.08. The van der Waals surface area contributed by atoms with Crippen LogP contribution in [-0.4, -0.2) is 6.16 Å². The molecule has 0 spiro atoms. The van der Waals surface area contributed by atoms with E-state index >= 15 is 0 Å². The van der Waals surface area contributed by atoms with Gasteiger partial charge in [0.15, 0.2) is 0 Å². The molecular formula is C13H29P. The van der Waals surface area contributed by atoms with Gasteiger partial charge in [0.2, 0.25) is 0 Å². The van der Waals surface area contributed by atoms with Gasteiger partial charge >= 0.3 is 0 Å². The molecule has 0 heterocycles. The van der Waals surface area contributed by atoms with Crippen LogP contribution in [0.5, 0.6) is 0 Å². The molecule has 0 aliphatic carbocycles. The van der Waals surface area contributed by atoms with Crippen LogP contribution >= 0.6 is 9.24 Å². The first-order chi connectivity index (χ1) is 6.56. The second-order valence-corrected chi connectivity index (χ2v) is 6.15. The van der Waals surface area contributed by atoms with Gasteiger partial charge in [-0.3, -0.25) is 0 Å². The first-order valence-electron chi connectivity index (χ1n) is 6.26. The zero-order chi connectivity index (χ0) is 10.9. The van der Waals surface area contributed by atoms with E-state index in [1.165, 1.54) is 57.5 Å². The Kier molecular flexibility index (Phi) is 8.98. The average Bonchev–Trinajstić information content (AvgIpc) is 2.08. The fraction of sp³-hybridized carbons (Fsp3) is 1.00. The van der Waals surface area contributed by atoms with Crippen molar-refractivity contribution >= 4 is 9.24 Å². The monoisotopic (exact) mass is 216 g/mol. The Balaban J connectivity index is 2.99. The number of hydrogen-bond acceptors (Lipinski definition) is 0. The Morgan fingerprint density at radius 2 is 1.14 bits per heavy atom. The molecule has 0 fully saturated rings. The van der Waals surface area contributed by atoms with E-state index in [4.69, 9.17) is 0 Å². The Bertz CT molecular complexity index is 113. The third-order valence-corrected chi connectivity index (χ3v) is 3.04. The second-order valence-electron chi connectivity index (χ2n) is 5.57. The van der Waals surface area contributed by atoms with E-state index in [9.17, 15) is 0 Å². The van der Waals surface area contributed by atoms with E-state index in [0.29, 0.717) is 5.41 Å². The number of rotatable bonds is 8. The van der Waals surface area contributed by atoms with Crippen molar-refractivity contribution in [1.82, 2.24) is 0 Å². The Morgan fingerprint density at radius 1 is 0.714 bits per heavy atom. The lowest BCUT2D eigenvalue weighted by atomic mass is 9.89. The molecule has 0 saturated carbocycles. The van der Waals surface area contributed by atoms with Gasteiger partial charge in [0.05, 0.1) is 0 Å². The first-order valence-corrected chi connectivity index (χ1v) is 7.08. The number of unbranched alkanes of at least 4 members (excludes halogenated alkanes) is 6. The molecule has 0 N–H and O–H groups in total. The zero-order valence-electron chi connectivity index (χ0n) is 10.4. The predicted molar refractivity (Wildman–Crippen MR) is 71.0 cm³/mol. The van der Waals surface area contributed by atoms with Gasteiger partial charge in [-0.15, -0.1) is 9.24 Å². The molecule has 1 atom stereocenters. The molecule has 86 valence electrons. The number of hydrogen-bond donors (Lipinski definition) is 0. The van der Waals surface area contributed by atoms with Crippen LogP contribution in [0.4, 0.5) is 0 Å². The molecule has 0 aromatic carbocycles. The third kappa shape index (κ3) is 12.4. The maximum Gasteiger partial charge on any atom is -0.0381 e. The van der Waals surface area contributed by atoms with E-state index in [1.54, 1.807) is 0 Å². The molecule has 0 aliphatic heterocycles. The van der Waals surface area contributed by atoms with Crippen molar-refractivity contribution in [1.29, 1.82) is 0 Å². The highest BCUT2D eigenvalue weighted by Crippen LogP contribution is 2.22. The van der Waals surface area contributed by atoms with Crippen LogP contribution in [0, 0.1) is 5.41 Å². The summed E-state index contributed by atoms with van der Waals surface area (Å²) in [4.78, 5) is 0. The van der Waals surface area contributed by atoms with Gasteiger partial charge in [-0.25, -0.2) is 0 Å². The molecular weight excluding hydrogens is 187 g/mol. The van der Waals surface area contributed by atoms with E-state index in [0.717, 1.165) is 0 Å². The van der Waals surface area contributed by atoms with Crippen molar-refractivity contribution in [3.05, 3.63) is 0 Å². The molecule has 0 bridgehead atoms. The van der Waals surface area contributed by atoms with Gasteiger partial charge in [-0.05, 0) is 24.4 Å². The average molecular weight is 216 g/mol. The van der Waals surface area contributed by atoms with Crippen molar-refractivity contribution < 1.29 is 0 Å². The highest BCUT2D eigenvalue weighted by atomic mass is 31.0. The van der Waals surface area contributed by atoms with Gasteiger partial charge < -0.3 is 0 Å². The van der Waals surface area contributed by atoms with E-state index < -0.39 is 0 Å². The molecule has 0 nitrogen and oxygen atoms in total. The summed E-state index contributed by atoms with van der Waals surface area (Å²) in [6.45, 7) is 7.02. The van der Waals surface area contributed by atoms with Crippen LogP contribution in [0.2, 0.25) is 0 Å². The molecule has 0 amide bonds. The minimum atomic E-state index is 0.541. The lowest BCUT2D eigenvalue weighted by Gasteiger charge is -2.17. The standard InChI is InChI=1S/C13H29P/c1-13(2,3)11-9-7-5-4-6-8-10-12-14/h4-12,14H2,1-3H3. The minimum absolute atomic E-state index is 0.541. The quantitative estimate of drug-likeness (QED) is 0.394. The maximum absolute atomic E-state index is 2.81. The smallest absolute Gasteiger partial charge is 0.0381 e. The fourth-order valence-electron chi connectivity index (χ4n) is 1.68. The molecule has 0 radical (unpaired) electrons. The second kappa shape index (κ2) is 8.72. The van der Waals surface area contributed by atoms with E-state index in [2.05, 4.69) is 30.0 Å². The summed E-state index contributed by atoms with van der Waals surface area (Å²) < 4.78 is 0. The third-order valence-electron chi connectivity index (χ3n) is 2.63. The Hall–Kier alpha value is 0.430. The van der Waals surface area contributed by atoms with Gasteiger partial charge in [0.25, 0.3) is 0 Å². The largest absolute Gasteiger partial charge is 0.138 e. The molecule has 1 heteroatoms. The van der Waals surface area contributed by atoms with Crippen LogP contribution in [0.3, 0.4) is 0 Å². The molecule has 0 aromatic rings. The topological polar surface area (TPSA) is 0 Å². The van der Waals surface area contributed by atoms with Crippen molar-refractivity contribution in [3.8, 4) is 0 Å². The molecule has 14 heavy (non-hydrogen) atoms. The van der Waals surface area contributed by atoms with Crippen LogP contribution in [-0.2, 0) is 0 Å². The fourth-order valence-corrected chi connectivity index (χ4v) is 1.97. The van der Waals surface area contributed by atoms with Crippen LogP contribution in [0.15, 0.2) is 0 Å². The van der Waals surface area contributed by atoms with Crippen molar-refractivity contribution in [2.24, 2.45) is 5.41 Å². The highest BCUT2D eigenvalue weighted by molar-refractivity contribution is 7.16. The van der Waals surface area contributed by atoms with Crippen molar-refractivity contribution in [2.75, 3.05) is 6.16 Å². The van der Waals surface area contributed by atoms with Crippen LogP contribution < -0.4 is 0 Å². The van der Waals surface area contributed by atoms with Gasteiger partial charge in [-0.2, -0.15) is 0 Å². The molecule has 0 aromatic heterocycles. The summed E-state index contributed by atoms with van der Waals surface area (Å²) in [6.07, 6.45) is 12.7. The normalized spacial score (nSPS) is 12.0. The summed E-state index contributed by atoms with van der Waals surface area (Å²) in [6, 6.07) is 0. The van der Waals surface area contributed by atoms with Crippen molar-refractivity contribution in [3.63, 3.8) is 0 Å². The predicted octanol–water partition coefficient (Wildman–Crippen LogP) is 5.03.